The summed E-state index contributed by atoms with van der Waals surface area (Å²) < 4.78 is 0. The van der Waals surface area contributed by atoms with Crippen molar-refractivity contribution < 1.29 is 0 Å². The largest absolute Gasteiger partial charge is 0.342 e. The van der Waals surface area contributed by atoms with Crippen LogP contribution < -0.4 is 4.90 Å². The molecule has 1 aromatic heterocycles. The van der Waals surface area contributed by atoms with Crippen molar-refractivity contribution in [3.63, 3.8) is 0 Å². The smallest absolute Gasteiger partial charge is 0.245 e. The van der Waals surface area contributed by atoms with Crippen LogP contribution in [0.4, 0.5) is 5.95 Å². The molecule has 1 aromatic rings. The highest BCUT2D eigenvalue weighted by Gasteiger charge is 2.28. The van der Waals surface area contributed by atoms with Crippen LogP contribution in [0.2, 0.25) is 0 Å². The van der Waals surface area contributed by atoms with Crippen LogP contribution >= 0.6 is 11.6 Å². The van der Waals surface area contributed by atoms with Gasteiger partial charge in [0.2, 0.25) is 5.95 Å². The molecule has 0 bridgehead atoms. The van der Waals surface area contributed by atoms with Gasteiger partial charge in [-0.3, -0.25) is 0 Å². The number of halogens is 1. The SMILES string of the molecule is Cc1nnc(N(C)CC2CC(Cl)C2)nc1C. The van der Waals surface area contributed by atoms with Gasteiger partial charge in [0.25, 0.3) is 0 Å². The average Bonchev–Trinajstić information content (AvgIpc) is 2.19. The van der Waals surface area contributed by atoms with Gasteiger partial charge >= 0.3 is 0 Å². The van der Waals surface area contributed by atoms with Crippen LogP contribution in [0, 0.1) is 19.8 Å². The fourth-order valence-corrected chi connectivity index (χ4v) is 2.38. The molecule has 0 amide bonds. The Bertz CT molecular complexity index is 376. The summed E-state index contributed by atoms with van der Waals surface area (Å²) in [6.07, 6.45) is 2.20. The molecule has 0 aromatic carbocycles. The zero-order valence-electron chi connectivity index (χ0n) is 9.94. The summed E-state index contributed by atoms with van der Waals surface area (Å²) in [4.78, 5) is 6.48. The lowest BCUT2D eigenvalue weighted by atomic mass is 9.84. The lowest BCUT2D eigenvalue weighted by Gasteiger charge is -2.33. The van der Waals surface area contributed by atoms with Gasteiger partial charge < -0.3 is 4.90 Å². The van der Waals surface area contributed by atoms with E-state index in [1.54, 1.807) is 0 Å². The maximum absolute atomic E-state index is 5.96. The zero-order valence-corrected chi connectivity index (χ0v) is 10.7. The monoisotopic (exact) mass is 240 g/mol. The fourth-order valence-electron chi connectivity index (χ4n) is 1.88. The van der Waals surface area contributed by atoms with E-state index in [2.05, 4.69) is 20.1 Å². The number of nitrogens with zero attached hydrogens (tertiary/aromatic N) is 4. The third kappa shape index (κ3) is 2.43. The third-order valence-electron chi connectivity index (χ3n) is 3.13. The molecule has 1 aliphatic rings. The van der Waals surface area contributed by atoms with Crippen LogP contribution in [0.25, 0.3) is 0 Å². The van der Waals surface area contributed by atoms with E-state index < -0.39 is 0 Å². The van der Waals surface area contributed by atoms with Gasteiger partial charge in [-0.15, -0.1) is 16.7 Å². The molecule has 0 saturated heterocycles. The van der Waals surface area contributed by atoms with Gasteiger partial charge in [0.1, 0.15) is 0 Å². The van der Waals surface area contributed by atoms with Crippen LogP contribution in [0.15, 0.2) is 0 Å². The standard InChI is InChI=1S/C11H17ClN4/c1-7-8(2)14-15-11(13-7)16(3)6-9-4-10(12)5-9/h9-10H,4-6H2,1-3H3. The number of hydrogen-bond donors (Lipinski definition) is 0. The van der Waals surface area contributed by atoms with Crippen molar-refractivity contribution in [3.05, 3.63) is 11.4 Å². The molecular formula is C11H17ClN4. The Labute approximate surface area is 101 Å². The van der Waals surface area contributed by atoms with Gasteiger partial charge in [-0.1, -0.05) is 0 Å². The molecule has 0 aliphatic heterocycles. The summed E-state index contributed by atoms with van der Waals surface area (Å²) in [6, 6.07) is 0. The molecule has 0 atom stereocenters. The molecule has 0 radical (unpaired) electrons. The molecule has 1 aliphatic carbocycles. The number of anilines is 1. The third-order valence-corrected chi connectivity index (χ3v) is 3.49. The van der Waals surface area contributed by atoms with Crippen molar-refractivity contribution in [2.24, 2.45) is 5.92 Å². The molecule has 2 rings (SSSR count). The average molecular weight is 241 g/mol. The molecule has 1 saturated carbocycles. The van der Waals surface area contributed by atoms with E-state index in [9.17, 15) is 0 Å². The number of rotatable bonds is 3. The van der Waals surface area contributed by atoms with Crippen LogP contribution in [0.5, 0.6) is 0 Å². The Balaban J connectivity index is 1.97. The Morgan fingerprint density at radius 1 is 1.25 bits per heavy atom. The first-order valence-corrected chi connectivity index (χ1v) is 6.03. The van der Waals surface area contributed by atoms with E-state index >= 15 is 0 Å². The lowest BCUT2D eigenvalue weighted by Crippen LogP contribution is -2.35. The van der Waals surface area contributed by atoms with Gasteiger partial charge in [-0.2, -0.15) is 5.10 Å². The molecule has 1 fully saturated rings. The van der Waals surface area contributed by atoms with Gasteiger partial charge in [0.15, 0.2) is 0 Å². The molecular weight excluding hydrogens is 224 g/mol. The van der Waals surface area contributed by atoms with Crippen molar-refractivity contribution in [2.75, 3.05) is 18.5 Å². The molecule has 0 N–H and O–H groups in total. The van der Waals surface area contributed by atoms with Gasteiger partial charge in [0.05, 0.1) is 11.4 Å². The second-order valence-corrected chi connectivity index (χ2v) is 5.22. The van der Waals surface area contributed by atoms with Gasteiger partial charge in [-0.25, -0.2) is 4.98 Å². The maximum Gasteiger partial charge on any atom is 0.245 e. The summed E-state index contributed by atoms with van der Waals surface area (Å²) in [5.74, 6) is 1.39. The van der Waals surface area contributed by atoms with Crippen molar-refractivity contribution >= 4 is 17.5 Å². The van der Waals surface area contributed by atoms with E-state index in [4.69, 9.17) is 11.6 Å². The van der Waals surface area contributed by atoms with Crippen LogP contribution in [-0.2, 0) is 0 Å². The summed E-state index contributed by atoms with van der Waals surface area (Å²) >= 11 is 5.96. The molecule has 88 valence electrons. The lowest BCUT2D eigenvalue weighted by molar-refractivity contribution is 0.328. The molecule has 5 heteroatoms. The quantitative estimate of drug-likeness (QED) is 0.758. The predicted octanol–water partition coefficient (Wildman–Crippen LogP) is 1.94. The zero-order chi connectivity index (χ0) is 11.7. The Morgan fingerprint density at radius 2 is 1.94 bits per heavy atom. The normalized spacial score (nSPS) is 24.0. The highest BCUT2D eigenvalue weighted by Crippen LogP contribution is 2.32. The van der Waals surface area contributed by atoms with Crippen molar-refractivity contribution in [1.29, 1.82) is 0 Å². The van der Waals surface area contributed by atoms with Crippen molar-refractivity contribution in [3.8, 4) is 0 Å². The van der Waals surface area contributed by atoms with E-state index in [-0.39, 0.29) is 0 Å². The fraction of sp³-hybridized carbons (Fsp3) is 0.727. The second kappa shape index (κ2) is 4.53. The first kappa shape index (κ1) is 11.6. The van der Waals surface area contributed by atoms with E-state index in [0.29, 0.717) is 17.2 Å². The second-order valence-electron chi connectivity index (χ2n) is 4.60. The van der Waals surface area contributed by atoms with E-state index in [1.807, 2.05) is 20.9 Å². The Kier molecular flexibility index (Phi) is 3.28. The Morgan fingerprint density at radius 3 is 2.50 bits per heavy atom. The summed E-state index contributed by atoms with van der Waals surface area (Å²) in [6.45, 7) is 4.84. The van der Waals surface area contributed by atoms with Crippen LogP contribution in [-0.4, -0.2) is 34.2 Å². The summed E-state index contributed by atoms with van der Waals surface area (Å²) in [5.41, 5.74) is 1.84. The first-order chi connectivity index (χ1) is 7.56. The minimum absolute atomic E-state index is 0.372. The molecule has 0 unspecified atom stereocenters. The summed E-state index contributed by atoms with van der Waals surface area (Å²) in [7, 11) is 2.01. The predicted molar refractivity (Wildman–Crippen MR) is 64.9 cm³/mol. The molecule has 1 heterocycles. The highest BCUT2D eigenvalue weighted by atomic mass is 35.5. The maximum atomic E-state index is 5.96. The van der Waals surface area contributed by atoms with E-state index in [1.165, 1.54) is 0 Å². The van der Waals surface area contributed by atoms with Crippen LogP contribution in [0.1, 0.15) is 24.2 Å². The van der Waals surface area contributed by atoms with E-state index in [0.717, 1.165) is 30.8 Å². The molecule has 0 spiro atoms. The van der Waals surface area contributed by atoms with Gasteiger partial charge in [0, 0.05) is 19.0 Å². The van der Waals surface area contributed by atoms with Crippen molar-refractivity contribution in [2.45, 2.75) is 32.1 Å². The van der Waals surface area contributed by atoms with Gasteiger partial charge in [-0.05, 0) is 32.6 Å². The minimum Gasteiger partial charge on any atom is -0.342 e. The minimum atomic E-state index is 0.372. The molecule has 4 nitrogen and oxygen atoms in total. The Hall–Kier alpha value is -0.900. The topological polar surface area (TPSA) is 41.9 Å². The highest BCUT2D eigenvalue weighted by molar-refractivity contribution is 6.21. The number of aromatic nitrogens is 3. The first-order valence-electron chi connectivity index (χ1n) is 5.59. The van der Waals surface area contributed by atoms with Crippen LogP contribution in [0.3, 0.4) is 0 Å². The number of alkyl halides is 1. The number of aryl methyl sites for hydroxylation is 2. The molecule has 16 heavy (non-hydrogen) atoms. The summed E-state index contributed by atoms with van der Waals surface area (Å²) in [5, 5.41) is 8.56. The number of hydrogen-bond acceptors (Lipinski definition) is 4. The van der Waals surface area contributed by atoms with Crippen molar-refractivity contribution in [1.82, 2.24) is 15.2 Å².